The summed E-state index contributed by atoms with van der Waals surface area (Å²) in [4.78, 5) is 12.5. The molecule has 1 unspecified atom stereocenters. The quantitative estimate of drug-likeness (QED) is 0.797. The van der Waals surface area contributed by atoms with Crippen molar-refractivity contribution in [3.63, 3.8) is 0 Å². The first-order valence-electron chi connectivity index (χ1n) is 6.99. The smallest absolute Gasteiger partial charge is 0.228 e. The van der Waals surface area contributed by atoms with E-state index in [1.54, 1.807) is 0 Å². The van der Waals surface area contributed by atoms with Crippen molar-refractivity contribution >= 4 is 17.3 Å². The Balaban J connectivity index is 2.20. The third-order valence-corrected chi connectivity index (χ3v) is 4.38. The second-order valence-corrected chi connectivity index (χ2v) is 6.45. The summed E-state index contributed by atoms with van der Waals surface area (Å²) < 4.78 is 0. The van der Waals surface area contributed by atoms with E-state index in [0.29, 0.717) is 0 Å². The number of nitrogens with one attached hydrogen (secondary N) is 1. The van der Waals surface area contributed by atoms with Crippen molar-refractivity contribution < 1.29 is 4.79 Å². The highest BCUT2D eigenvalue weighted by molar-refractivity contribution is 5.95. The summed E-state index contributed by atoms with van der Waals surface area (Å²) in [7, 11) is 0. The minimum absolute atomic E-state index is 0.111. The van der Waals surface area contributed by atoms with Crippen LogP contribution in [0.5, 0.6) is 0 Å². The highest BCUT2D eigenvalue weighted by Crippen LogP contribution is 2.43. The van der Waals surface area contributed by atoms with Gasteiger partial charge < -0.3 is 11.1 Å². The highest BCUT2D eigenvalue weighted by atomic mass is 16.1. The summed E-state index contributed by atoms with van der Waals surface area (Å²) in [5, 5.41) is 3.11. The molecule has 3 heteroatoms. The molecule has 0 saturated heterocycles. The van der Waals surface area contributed by atoms with Crippen molar-refractivity contribution in [3.8, 4) is 0 Å². The number of benzene rings is 1. The fraction of sp³-hybridized carbons (Fsp3) is 0.562. The average Bonchev–Trinajstić information content (AvgIpc) is 2.63. The average molecular weight is 260 g/mol. The maximum Gasteiger partial charge on any atom is 0.228 e. The molecule has 0 heterocycles. The number of aryl methyl sites for hydroxylation is 2. The first-order chi connectivity index (χ1) is 8.81. The fourth-order valence-electron chi connectivity index (χ4n) is 3.22. The van der Waals surface area contributed by atoms with Gasteiger partial charge in [0.25, 0.3) is 0 Å². The van der Waals surface area contributed by atoms with Crippen molar-refractivity contribution in [2.45, 2.75) is 47.0 Å². The molecule has 1 aliphatic rings. The van der Waals surface area contributed by atoms with Crippen LogP contribution in [0.25, 0.3) is 0 Å². The Labute approximate surface area is 115 Å². The Hall–Kier alpha value is -1.51. The number of hydrogen-bond donors (Lipinski definition) is 2. The van der Waals surface area contributed by atoms with E-state index in [1.807, 2.05) is 26.0 Å². The molecule has 1 aromatic rings. The van der Waals surface area contributed by atoms with Crippen LogP contribution in [0.15, 0.2) is 12.1 Å². The highest BCUT2D eigenvalue weighted by Gasteiger charge is 2.39. The van der Waals surface area contributed by atoms with Crippen LogP contribution in [0, 0.1) is 25.2 Å². The normalized spacial score (nSPS) is 21.4. The van der Waals surface area contributed by atoms with Gasteiger partial charge in [0.2, 0.25) is 5.91 Å². The zero-order valence-corrected chi connectivity index (χ0v) is 12.3. The third kappa shape index (κ3) is 2.75. The molecule has 1 aromatic carbocycles. The second-order valence-electron chi connectivity index (χ2n) is 6.45. The molecule has 0 bridgehead atoms. The Morgan fingerprint density at radius 3 is 2.37 bits per heavy atom. The van der Waals surface area contributed by atoms with Gasteiger partial charge in [-0.2, -0.15) is 0 Å². The predicted molar refractivity (Wildman–Crippen MR) is 80.1 cm³/mol. The maximum atomic E-state index is 12.5. The van der Waals surface area contributed by atoms with Crippen LogP contribution in [0.2, 0.25) is 0 Å². The summed E-state index contributed by atoms with van der Waals surface area (Å²) in [5.41, 5.74) is 9.64. The zero-order chi connectivity index (χ0) is 14.2. The van der Waals surface area contributed by atoms with Crippen LogP contribution in [0.3, 0.4) is 0 Å². The summed E-state index contributed by atoms with van der Waals surface area (Å²) >= 11 is 0. The molecule has 0 radical (unpaired) electrons. The standard InChI is InChI=1S/C16H24N2O/c1-10-8-12(17)9-11(2)14(10)18-15(19)13-6-5-7-16(13,3)4/h8-9,13H,5-7,17H2,1-4H3,(H,18,19). The molecule has 104 valence electrons. The Kier molecular flexibility index (Phi) is 3.57. The number of nitrogen functional groups attached to an aromatic ring is 1. The van der Waals surface area contributed by atoms with Gasteiger partial charge in [0.1, 0.15) is 0 Å². The summed E-state index contributed by atoms with van der Waals surface area (Å²) in [6, 6.07) is 3.81. The van der Waals surface area contributed by atoms with E-state index in [0.717, 1.165) is 41.8 Å². The lowest BCUT2D eigenvalue weighted by Crippen LogP contribution is -2.31. The molecule has 1 saturated carbocycles. The summed E-state index contributed by atoms with van der Waals surface area (Å²) in [6.07, 6.45) is 3.27. The number of carbonyl (C=O) groups is 1. The van der Waals surface area contributed by atoms with Crippen LogP contribution < -0.4 is 11.1 Å². The largest absolute Gasteiger partial charge is 0.399 e. The summed E-state index contributed by atoms with van der Waals surface area (Å²) in [6.45, 7) is 8.34. The molecular formula is C16H24N2O. The summed E-state index contributed by atoms with van der Waals surface area (Å²) in [5.74, 6) is 0.266. The van der Waals surface area contributed by atoms with Gasteiger partial charge in [-0.3, -0.25) is 4.79 Å². The van der Waals surface area contributed by atoms with Gasteiger partial charge in [-0.25, -0.2) is 0 Å². The molecule has 0 aromatic heterocycles. The topological polar surface area (TPSA) is 55.1 Å². The number of nitrogens with two attached hydrogens (primary N) is 1. The van der Waals surface area contributed by atoms with Gasteiger partial charge in [0.15, 0.2) is 0 Å². The lowest BCUT2D eigenvalue weighted by Gasteiger charge is -2.26. The van der Waals surface area contributed by atoms with E-state index < -0.39 is 0 Å². The maximum absolute atomic E-state index is 12.5. The molecule has 1 amide bonds. The third-order valence-electron chi connectivity index (χ3n) is 4.38. The molecule has 0 spiro atoms. The van der Waals surface area contributed by atoms with E-state index in [4.69, 9.17) is 5.73 Å². The van der Waals surface area contributed by atoms with E-state index in [9.17, 15) is 4.79 Å². The molecule has 3 nitrogen and oxygen atoms in total. The number of rotatable bonds is 2. The van der Waals surface area contributed by atoms with Gasteiger partial charge in [-0.15, -0.1) is 0 Å². The first-order valence-corrected chi connectivity index (χ1v) is 6.99. The minimum Gasteiger partial charge on any atom is -0.399 e. The van der Waals surface area contributed by atoms with Gasteiger partial charge in [-0.1, -0.05) is 20.3 Å². The Bertz CT molecular complexity index is 482. The van der Waals surface area contributed by atoms with Crippen molar-refractivity contribution in [1.82, 2.24) is 0 Å². The molecule has 2 rings (SSSR count). The lowest BCUT2D eigenvalue weighted by atomic mass is 9.81. The van der Waals surface area contributed by atoms with Gasteiger partial charge in [0.05, 0.1) is 0 Å². The van der Waals surface area contributed by atoms with Gasteiger partial charge in [-0.05, 0) is 55.4 Å². The molecule has 3 N–H and O–H groups in total. The second kappa shape index (κ2) is 4.87. The minimum atomic E-state index is 0.111. The van der Waals surface area contributed by atoms with E-state index in [-0.39, 0.29) is 17.2 Å². The van der Waals surface area contributed by atoms with Crippen LogP contribution in [0.4, 0.5) is 11.4 Å². The molecule has 0 aliphatic heterocycles. The molecule has 19 heavy (non-hydrogen) atoms. The number of hydrogen-bond acceptors (Lipinski definition) is 2. The van der Waals surface area contributed by atoms with Crippen molar-refractivity contribution in [2.24, 2.45) is 11.3 Å². The first kappa shape index (κ1) is 13.9. The van der Waals surface area contributed by atoms with E-state index >= 15 is 0 Å². The Morgan fingerprint density at radius 1 is 1.32 bits per heavy atom. The number of amides is 1. The number of carbonyl (C=O) groups excluding carboxylic acids is 1. The fourth-order valence-corrected chi connectivity index (χ4v) is 3.22. The van der Waals surface area contributed by atoms with Crippen LogP contribution >= 0.6 is 0 Å². The van der Waals surface area contributed by atoms with Crippen LogP contribution in [0.1, 0.15) is 44.2 Å². The van der Waals surface area contributed by atoms with Crippen molar-refractivity contribution in [3.05, 3.63) is 23.3 Å². The monoisotopic (exact) mass is 260 g/mol. The predicted octanol–water partition coefficient (Wildman–Crippen LogP) is 3.65. The van der Waals surface area contributed by atoms with Crippen LogP contribution in [-0.2, 0) is 4.79 Å². The van der Waals surface area contributed by atoms with Gasteiger partial charge in [0, 0.05) is 17.3 Å². The molecule has 1 atom stereocenters. The molecular weight excluding hydrogens is 236 g/mol. The number of anilines is 2. The van der Waals surface area contributed by atoms with Gasteiger partial charge >= 0.3 is 0 Å². The Morgan fingerprint density at radius 2 is 1.89 bits per heavy atom. The molecule has 1 fully saturated rings. The lowest BCUT2D eigenvalue weighted by molar-refractivity contribution is -0.122. The van der Waals surface area contributed by atoms with Crippen molar-refractivity contribution in [1.29, 1.82) is 0 Å². The van der Waals surface area contributed by atoms with Crippen molar-refractivity contribution in [2.75, 3.05) is 11.1 Å². The molecule has 1 aliphatic carbocycles. The zero-order valence-electron chi connectivity index (χ0n) is 12.3. The van der Waals surface area contributed by atoms with Crippen LogP contribution in [-0.4, -0.2) is 5.91 Å². The van der Waals surface area contributed by atoms with E-state index in [2.05, 4.69) is 19.2 Å². The SMILES string of the molecule is Cc1cc(N)cc(C)c1NC(=O)C1CCCC1(C)C. The van der Waals surface area contributed by atoms with E-state index in [1.165, 1.54) is 0 Å².